The molecule has 1 N–H and O–H groups in total. The second-order valence-electron chi connectivity index (χ2n) is 8.78. The molecule has 0 aromatic carbocycles. The largest absolute Gasteiger partial charge is 0.461 e. The van der Waals surface area contributed by atoms with Crippen LogP contribution in [0.3, 0.4) is 0 Å². The summed E-state index contributed by atoms with van der Waals surface area (Å²) in [5.74, 6) is 2.03. The predicted molar refractivity (Wildman–Crippen MR) is 81.7 cm³/mol. The fourth-order valence-electron chi connectivity index (χ4n) is 5.97. The Bertz CT molecular complexity index is 460. The molecule has 6 atom stereocenters. The molecular weight excluding hydrogens is 262 g/mol. The summed E-state index contributed by atoms with van der Waals surface area (Å²) in [6.45, 7) is 8.11. The van der Waals surface area contributed by atoms with Crippen LogP contribution < -0.4 is 5.32 Å². The van der Waals surface area contributed by atoms with E-state index in [0.717, 1.165) is 24.8 Å². The molecule has 0 radical (unpaired) electrons. The van der Waals surface area contributed by atoms with Gasteiger partial charge in [0.25, 0.3) is 0 Å². The molecule has 1 heterocycles. The molecule has 4 fully saturated rings. The van der Waals surface area contributed by atoms with E-state index < -0.39 is 0 Å². The Morgan fingerprint density at radius 2 is 2.00 bits per heavy atom. The molecule has 0 aromatic rings. The molecule has 118 valence electrons. The number of hydrogen-bond acceptors (Lipinski definition) is 3. The number of carbonyl (C=O) groups is 1. The van der Waals surface area contributed by atoms with Gasteiger partial charge >= 0.3 is 5.97 Å². The van der Waals surface area contributed by atoms with Gasteiger partial charge in [-0.2, -0.15) is 0 Å². The van der Waals surface area contributed by atoms with Crippen LogP contribution in [0.1, 0.15) is 59.3 Å². The van der Waals surface area contributed by atoms with Gasteiger partial charge in [-0.05, 0) is 61.8 Å². The molecule has 4 rings (SSSR count). The summed E-state index contributed by atoms with van der Waals surface area (Å²) in [5.41, 5.74) is 0.498. The van der Waals surface area contributed by atoms with Crippen LogP contribution in [0.15, 0.2) is 0 Å². The van der Waals surface area contributed by atoms with Crippen LogP contribution in [0, 0.1) is 28.6 Å². The van der Waals surface area contributed by atoms with Crippen molar-refractivity contribution in [2.75, 3.05) is 6.54 Å². The molecule has 21 heavy (non-hydrogen) atoms. The average molecular weight is 291 g/mol. The van der Waals surface area contributed by atoms with Crippen molar-refractivity contribution >= 4 is 5.97 Å². The highest BCUT2D eigenvalue weighted by atomic mass is 16.5. The molecule has 3 nitrogen and oxygen atoms in total. The third kappa shape index (κ3) is 1.79. The van der Waals surface area contributed by atoms with Gasteiger partial charge in [0.2, 0.25) is 0 Å². The van der Waals surface area contributed by atoms with Crippen LogP contribution in [-0.4, -0.2) is 24.7 Å². The smallest absolute Gasteiger partial charge is 0.323 e. The van der Waals surface area contributed by atoms with E-state index in [0.29, 0.717) is 11.3 Å². The summed E-state index contributed by atoms with van der Waals surface area (Å²) < 4.78 is 6.07. The maximum atomic E-state index is 12.7. The van der Waals surface area contributed by atoms with Crippen molar-refractivity contribution in [3.05, 3.63) is 0 Å². The fraction of sp³-hybridized carbons (Fsp3) is 0.944. The monoisotopic (exact) mass is 291 g/mol. The van der Waals surface area contributed by atoms with Crippen LogP contribution in [0.2, 0.25) is 0 Å². The lowest BCUT2D eigenvalue weighted by Crippen LogP contribution is -2.43. The van der Waals surface area contributed by atoms with Gasteiger partial charge in [-0.3, -0.25) is 4.79 Å². The van der Waals surface area contributed by atoms with Crippen molar-refractivity contribution in [1.29, 1.82) is 0 Å². The molecule has 1 aliphatic heterocycles. The SMILES string of the molecule is CC1(C)C2CCC1(C)C(OC(=O)C1NCC3CCCC31)C2. The van der Waals surface area contributed by atoms with E-state index in [4.69, 9.17) is 4.74 Å². The quantitative estimate of drug-likeness (QED) is 0.794. The molecule has 0 aromatic heterocycles. The first kappa shape index (κ1) is 14.0. The Morgan fingerprint density at radius 1 is 1.19 bits per heavy atom. The zero-order chi connectivity index (χ0) is 14.8. The molecule has 6 unspecified atom stereocenters. The minimum absolute atomic E-state index is 0.0247. The number of rotatable bonds is 2. The van der Waals surface area contributed by atoms with Crippen molar-refractivity contribution < 1.29 is 9.53 Å². The Labute approximate surface area is 128 Å². The van der Waals surface area contributed by atoms with Crippen molar-refractivity contribution in [1.82, 2.24) is 5.32 Å². The molecular formula is C18H29NO2. The summed E-state index contributed by atoms with van der Waals surface area (Å²) in [4.78, 5) is 12.7. The first-order valence-electron chi connectivity index (χ1n) is 8.87. The van der Waals surface area contributed by atoms with Gasteiger partial charge in [0.1, 0.15) is 12.1 Å². The summed E-state index contributed by atoms with van der Waals surface area (Å²) in [6.07, 6.45) is 7.52. The van der Waals surface area contributed by atoms with E-state index in [1.54, 1.807) is 0 Å². The fourth-order valence-corrected chi connectivity index (χ4v) is 5.97. The third-order valence-electron chi connectivity index (χ3n) is 7.97. The first-order chi connectivity index (χ1) is 9.93. The molecule has 4 aliphatic rings. The van der Waals surface area contributed by atoms with Crippen LogP contribution in [0.25, 0.3) is 0 Å². The lowest BCUT2D eigenvalue weighted by molar-refractivity contribution is -0.160. The lowest BCUT2D eigenvalue weighted by atomic mass is 9.70. The third-order valence-corrected chi connectivity index (χ3v) is 7.97. The highest BCUT2D eigenvalue weighted by Crippen LogP contribution is 2.66. The zero-order valence-electron chi connectivity index (χ0n) is 13.7. The zero-order valence-corrected chi connectivity index (χ0v) is 13.7. The maximum absolute atomic E-state index is 12.7. The highest BCUT2D eigenvalue weighted by molar-refractivity contribution is 5.77. The first-order valence-corrected chi connectivity index (χ1v) is 8.87. The Kier molecular flexibility index (Phi) is 2.99. The predicted octanol–water partition coefficient (Wildman–Crippen LogP) is 3.13. The number of ether oxygens (including phenoxy) is 1. The Morgan fingerprint density at radius 3 is 2.67 bits per heavy atom. The minimum Gasteiger partial charge on any atom is -0.461 e. The molecule has 2 bridgehead atoms. The van der Waals surface area contributed by atoms with E-state index in [9.17, 15) is 4.79 Å². The maximum Gasteiger partial charge on any atom is 0.323 e. The van der Waals surface area contributed by atoms with Crippen LogP contribution in [0.4, 0.5) is 0 Å². The number of carbonyl (C=O) groups excluding carboxylic acids is 1. The van der Waals surface area contributed by atoms with E-state index in [1.165, 1.54) is 32.1 Å². The summed E-state index contributed by atoms with van der Waals surface area (Å²) >= 11 is 0. The minimum atomic E-state index is -0.0247. The topological polar surface area (TPSA) is 38.3 Å². The van der Waals surface area contributed by atoms with Crippen LogP contribution in [0.5, 0.6) is 0 Å². The average Bonchev–Trinajstić information content (AvgIpc) is 3.10. The summed E-state index contributed by atoms with van der Waals surface area (Å²) in [5, 5.41) is 3.44. The van der Waals surface area contributed by atoms with Crippen molar-refractivity contribution in [3.63, 3.8) is 0 Å². The highest BCUT2D eigenvalue weighted by Gasteiger charge is 2.63. The molecule has 0 spiro atoms. The van der Waals surface area contributed by atoms with Gasteiger partial charge in [-0.1, -0.05) is 27.2 Å². The van der Waals surface area contributed by atoms with E-state index in [-0.39, 0.29) is 23.5 Å². The molecule has 1 saturated heterocycles. The Hall–Kier alpha value is -0.570. The van der Waals surface area contributed by atoms with E-state index >= 15 is 0 Å². The molecule has 0 amide bonds. The number of esters is 1. The van der Waals surface area contributed by atoms with Gasteiger partial charge in [-0.15, -0.1) is 0 Å². The molecule has 3 saturated carbocycles. The standard InChI is InChI=1S/C18H29NO2/c1-17(2)12-7-8-18(17,3)14(9-12)21-16(20)15-13-6-4-5-11(13)10-19-15/h11-15,19H,4-10H2,1-3H3. The van der Waals surface area contributed by atoms with E-state index in [2.05, 4.69) is 26.1 Å². The second-order valence-corrected chi connectivity index (χ2v) is 8.78. The lowest BCUT2D eigenvalue weighted by Gasteiger charge is -2.38. The number of nitrogens with one attached hydrogen (secondary N) is 1. The summed E-state index contributed by atoms with van der Waals surface area (Å²) in [6, 6.07) is -0.0247. The van der Waals surface area contributed by atoms with Crippen molar-refractivity contribution in [3.8, 4) is 0 Å². The van der Waals surface area contributed by atoms with Gasteiger partial charge < -0.3 is 10.1 Å². The van der Waals surface area contributed by atoms with Gasteiger partial charge in [-0.25, -0.2) is 0 Å². The van der Waals surface area contributed by atoms with Gasteiger partial charge in [0, 0.05) is 5.41 Å². The summed E-state index contributed by atoms with van der Waals surface area (Å²) in [7, 11) is 0. The number of fused-ring (bicyclic) bond motifs is 3. The van der Waals surface area contributed by atoms with E-state index in [1.807, 2.05) is 0 Å². The number of hydrogen-bond donors (Lipinski definition) is 1. The van der Waals surface area contributed by atoms with Crippen LogP contribution in [-0.2, 0) is 9.53 Å². The molecule has 3 heteroatoms. The van der Waals surface area contributed by atoms with Crippen LogP contribution >= 0.6 is 0 Å². The Balaban J connectivity index is 1.46. The van der Waals surface area contributed by atoms with Gasteiger partial charge in [0.15, 0.2) is 0 Å². The van der Waals surface area contributed by atoms with Crippen molar-refractivity contribution in [2.24, 2.45) is 28.6 Å². The normalized spacial score (nSPS) is 50.3. The van der Waals surface area contributed by atoms with Gasteiger partial charge in [0.05, 0.1) is 0 Å². The molecule has 3 aliphatic carbocycles. The second kappa shape index (κ2) is 4.47. The van der Waals surface area contributed by atoms with Crippen molar-refractivity contribution in [2.45, 2.75) is 71.4 Å².